The van der Waals surface area contributed by atoms with E-state index in [0.29, 0.717) is 0 Å². The zero-order valence-electron chi connectivity index (χ0n) is 33.6. The fraction of sp³-hybridized carbons (Fsp3) is 0.0690. The lowest BCUT2D eigenvalue weighted by Gasteiger charge is -2.31. The van der Waals surface area contributed by atoms with Crippen molar-refractivity contribution in [1.29, 1.82) is 0 Å². The normalized spacial score (nSPS) is 17.3. The summed E-state index contributed by atoms with van der Waals surface area (Å²) in [6.07, 6.45) is 0. The largest absolute Gasteiger partial charge is 0.310 e. The summed E-state index contributed by atoms with van der Waals surface area (Å²) in [4.78, 5) is 2.47. The minimum Gasteiger partial charge on any atom is -0.310 e. The number of fused-ring (bicyclic) bond motifs is 9. The van der Waals surface area contributed by atoms with Gasteiger partial charge in [-0.2, -0.15) is 0 Å². The van der Waals surface area contributed by atoms with Crippen LogP contribution in [0.25, 0.3) is 53.6 Å². The highest BCUT2D eigenvalue weighted by Gasteiger charge is 2.42. The average Bonchev–Trinajstić information content (AvgIpc) is 3.92. The Morgan fingerprint density at radius 1 is 0.350 bits per heavy atom. The van der Waals surface area contributed by atoms with Gasteiger partial charge in [0.25, 0.3) is 0 Å². The predicted molar refractivity (Wildman–Crippen MR) is 254 cm³/mol. The maximum atomic E-state index is 2.47. The molecule has 1 aromatic heterocycles. The highest BCUT2D eigenvalue weighted by atomic mass is 32.1. The molecule has 9 aromatic carbocycles. The van der Waals surface area contributed by atoms with Crippen molar-refractivity contribution >= 4 is 48.6 Å². The molecular weight excluding hydrogens is 743 g/mol. The topological polar surface area (TPSA) is 3.24 Å². The summed E-state index contributed by atoms with van der Waals surface area (Å²) < 4.78 is 2.64. The second-order valence-electron chi connectivity index (χ2n) is 16.7. The van der Waals surface area contributed by atoms with Crippen molar-refractivity contribution in [3.63, 3.8) is 0 Å². The molecule has 0 spiro atoms. The lowest BCUT2D eigenvalue weighted by Crippen LogP contribution is -2.23. The van der Waals surface area contributed by atoms with Crippen molar-refractivity contribution in [3.05, 3.63) is 246 Å². The molecule has 1 heterocycles. The Balaban J connectivity index is 1.06. The molecule has 0 fully saturated rings. The molecule has 2 unspecified atom stereocenters. The Kier molecular flexibility index (Phi) is 7.73. The van der Waals surface area contributed by atoms with Crippen molar-refractivity contribution in [2.24, 2.45) is 0 Å². The van der Waals surface area contributed by atoms with Gasteiger partial charge in [-0.05, 0) is 129 Å². The van der Waals surface area contributed by atoms with Gasteiger partial charge in [-0.15, -0.1) is 11.3 Å². The van der Waals surface area contributed by atoms with Crippen molar-refractivity contribution in [2.75, 3.05) is 4.90 Å². The Hall–Kier alpha value is -7.00. The molecular formula is C58H41NS. The number of anilines is 3. The first-order valence-electron chi connectivity index (χ1n) is 20.9. The van der Waals surface area contributed by atoms with Gasteiger partial charge in [-0.3, -0.25) is 0 Å². The van der Waals surface area contributed by atoms with Crippen LogP contribution in [-0.4, -0.2) is 0 Å². The van der Waals surface area contributed by atoms with Gasteiger partial charge in [-0.25, -0.2) is 0 Å². The Morgan fingerprint density at radius 3 is 1.57 bits per heavy atom. The number of rotatable bonds is 6. The van der Waals surface area contributed by atoms with Gasteiger partial charge in [0.05, 0.1) is 0 Å². The molecule has 0 bridgehead atoms. The molecule has 0 amide bonds. The van der Waals surface area contributed by atoms with Crippen LogP contribution in [0.2, 0.25) is 0 Å². The number of thiophene rings is 1. The third-order valence-electron chi connectivity index (χ3n) is 13.7. The number of hydrogen-bond acceptors (Lipinski definition) is 2. The zero-order chi connectivity index (χ0) is 40.0. The van der Waals surface area contributed by atoms with Crippen LogP contribution in [0.15, 0.2) is 212 Å². The molecule has 2 heteroatoms. The first kappa shape index (κ1) is 35.0. The van der Waals surface area contributed by atoms with E-state index in [1.807, 2.05) is 11.3 Å². The van der Waals surface area contributed by atoms with Crippen LogP contribution in [0.3, 0.4) is 0 Å². The fourth-order valence-corrected chi connectivity index (χ4v) is 11.8. The van der Waals surface area contributed by atoms with E-state index in [9.17, 15) is 0 Å². The second-order valence-corrected chi connectivity index (χ2v) is 17.8. The van der Waals surface area contributed by atoms with Gasteiger partial charge in [0.2, 0.25) is 0 Å². The third-order valence-corrected chi connectivity index (χ3v) is 14.8. The standard InChI is InChI=1S/C58H41NS/c1-57(39-16-5-3-6-17-39)51-25-13-10-21-46(51)49-36-42(33-35-52(49)57)59(41-30-28-38(29-31-41)44-23-15-27-55-56(44)48-22-11-14-26-54(48)60-55)43-32-34-47-45-20-9-12-24-50(45)58(2,53(47)37-43)40-18-7-4-8-19-40/h3-37H,1-2H3. The Bertz CT molecular complexity index is 3290. The smallest absolute Gasteiger partial charge is 0.0468 e. The van der Waals surface area contributed by atoms with Crippen LogP contribution in [0.4, 0.5) is 17.1 Å². The molecule has 284 valence electrons. The van der Waals surface area contributed by atoms with E-state index < -0.39 is 0 Å². The number of nitrogens with zero attached hydrogens (tertiary/aromatic N) is 1. The van der Waals surface area contributed by atoms with Crippen molar-refractivity contribution in [1.82, 2.24) is 0 Å². The van der Waals surface area contributed by atoms with Gasteiger partial charge >= 0.3 is 0 Å². The van der Waals surface area contributed by atoms with Crippen molar-refractivity contribution in [2.45, 2.75) is 24.7 Å². The van der Waals surface area contributed by atoms with Crippen molar-refractivity contribution in [3.8, 4) is 33.4 Å². The summed E-state index contributed by atoms with van der Waals surface area (Å²) in [5, 5.41) is 2.65. The van der Waals surface area contributed by atoms with Gasteiger partial charge in [-0.1, -0.05) is 164 Å². The van der Waals surface area contributed by atoms with E-state index in [2.05, 4.69) is 231 Å². The van der Waals surface area contributed by atoms with Crippen LogP contribution in [-0.2, 0) is 10.8 Å². The Morgan fingerprint density at radius 2 is 0.850 bits per heavy atom. The summed E-state index contributed by atoms with van der Waals surface area (Å²) in [5.41, 5.74) is 18.5. The molecule has 12 rings (SSSR count). The number of hydrogen-bond donors (Lipinski definition) is 0. The van der Waals surface area contributed by atoms with Crippen LogP contribution in [0.5, 0.6) is 0 Å². The quantitative estimate of drug-likeness (QED) is 0.162. The summed E-state index contributed by atoms with van der Waals surface area (Å²) in [6.45, 7) is 4.80. The summed E-state index contributed by atoms with van der Waals surface area (Å²) in [7, 11) is 0. The van der Waals surface area contributed by atoms with E-state index in [-0.39, 0.29) is 10.8 Å². The van der Waals surface area contributed by atoms with Crippen LogP contribution in [0, 0.1) is 0 Å². The molecule has 0 radical (unpaired) electrons. The molecule has 2 aliphatic carbocycles. The van der Waals surface area contributed by atoms with Crippen LogP contribution in [0.1, 0.15) is 47.2 Å². The molecule has 0 saturated heterocycles. The molecule has 2 aliphatic rings. The maximum Gasteiger partial charge on any atom is 0.0468 e. The summed E-state index contributed by atoms with van der Waals surface area (Å²) >= 11 is 1.87. The molecule has 60 heavy (non-hydrogen) atoms. The molecule has 0 saturated carbocycles. The lowest BCUT2D eigenvalue weighted by atomic mass is 9.74. The van der Waals surface area contributed by atoms with E-state index in [0.717, 1.165) is 17.1 Å². The van der Waals surface area contributed by atoms with E-state index >= 15 is 0 Å². The zero-order valence-corrected chi connectivity index (χ0v) is 34.4. The predicted octanol–water partition coefficient (Wildman–Crippen LogP) is 15.9. The van der Waals surface area contributed by atoms with Gasteiger partial charge in [0.15, 0.2) is 0 Å². The minimum absolute atomic E-state index is 0.262. The highest BCUT2D eigenvalue weighted by Crippen LogP contribution is 2.56. The van der Waals surface area contributed by atoms with Crippen LogP contribution >= 0.6 is 11.3 Å². The minimum atomic E-state index is -0.310. The maximum absolute atomic E-state index is 2.47. The van der Waals surface area contributed by atoms with Gasteiger partial charge in [0.1, 0.15) is 0 Å². The molecule has 2 atom stereocenters. The van der Waals surface area contributed by atoms with Crippen LogP contribution < -0.4 is 4.90 Å². The van der Waals surface area contributed by atoms with Gasteiger partial charge < -0.3 is 4.90 Å². The molecule has 0 aliphatic heterocycles. The van der Waals surface area contributed by atoms with Crippen molar-refractivity contribution < 1.29 is 0 Å². The lowest BCUT2D eigenvalue weighted by molar-refractivity contribution is 0.713. The monoisotopic (exact) mass is 783 g/mol. The summed E-state index contributed by atoms with van der Waals surface area (Å²) in [5.74, 6) is 0. The van der Waals surface area contributed by atoms with E-state index in [1.165, 1.54) is 86.9 Å². The Labute approximate surface area is 355 Å². The first-order chi connectivity index (χ1) is 29.5. The highest BCUT2D eigenvalue weighted by molar-refractivity contribution is 7.25. The molecule has 0 N–H and O–H groups in total. The molecule has 10 aromatic rings. The molecule has 1 nitrogen and oxygen atoms in total. The van der Waals surface area contributed by atoms with E-state index in [1.54, 1.807) is 0 Å². The third kappa shape index (κ3) is 4.98. The second kappa shape index (κ2) is 13.3. The number of benzene rings is 9. The SMILES string of the molecule is CC1(c2ccccc2)c2ccccc2-c2cc(N(c3ccc(-c4cccc5sc6ccccc6c45)cc3)c3ccc4c(c3)C(C)(c3ccccc3)c3ccccc3-4)ccc21. The van der Waals surface area contributed by atoms with Gasteiger partial charge in [0, 0.05) is 48.1 Å². The summed E-state index contributed by atoms with van der Waals surface area (Å²) in [6, 6.07) is 79.1. The van der Waals surface area contributed by atoms with E-state index in [4.69, 9.17) is 0 Å². The fourth-order valence-electron chi connectivity index (χ4n) is 10.7. The first-order valence-corrected chi connectivity index (χ1v) is 21.7. The average molecular weight is 784 g/mol.